The SMILES string of the molecule is N[C@H](c1cc2c(cc1Br)OCO2)[C@@H](O)Cc1ccccc1. The van der Waals surface area contributed by atoms with E-state index in [4.69, 9.17) is 15.2 Å². The lowest BCUT2D eigenvalue weighted by Gasteiger charge is -2.21. The molecule has 4 nitrogen and oxygen atoms in total. The van der Waals surface area contributed by atoms with E-state index in [1.807, 2.05) is 42.5 Å². The standard InChI is InChI=1S/C16H16BrNO3/c17-12-8-15-14(20-9-21-15)7-11(12)16(18)13(19)6-10-4-2-1-3-5-10/h1-5,7-8,13,16,19H,6,9,18H2/t13-,16+/m0/s1. The van der Waals surface area contributed by atoms with Gasteiger partial charge in [-0.15, -0.1) is 0 Å². The van der Waals surface area contributed by atoms with Crippen molar-refractivity contribution in [3.05, 3.63) is 58.1 Å². The third-order valence-electron chi connectivity index (χ3n) is 3.55. The number of aliphatic hydroxyl groups excluding tert-OH is 1. The normalized spacial score (nSPS) is 15.8. The maximum atomic E-state index is 10.4. The van der Waals surface area contributed by atoms with Crippen LogP contribution in [0.5, 0.6) is 11.5 Å². The first-order valence-corrected chi connectivity index (χ1v) is 7.51. The second kappa shape index (κ2) is 6.05. The van der Waals surface area contributed by atoms with Crippen molar-refractivity contribution in [3.63, 3.8) is 0 Å². The third kappa shape index (κ3) is 3.05. The molecule has 0 spiro atoms. The Bertz CT molecular complexity index is 633. The average Bonchev–Trinajstić information content (AvgIpc) is 2.93. The number of rotatable bonds is 4. The molecule has 0 aliphatic carbocycles. The number of hydrogen-bond donors (Lipinski definition) is 2. The average molecular weight is 350 g/mol. The number of hydrogen-bond acceptors (Lipinski definition) is 4. The maximum absolute atomic E-state index is 10.4. The smallest absolute Gasteiger partial charge is 0.231 e. The highest BCUT2D eigenvalue weighted by atomic mass is 79.9. The van der Waals surface area contributed by atoms with Gasteiger partial charge in [0.2, 0.25) is 6.79 Å². The Kier molecular flexibility index (Phi) is 4.14. The molecule has 21 heavy (non-hydrogen) atoms. The van der Waals surface area contributed by atoms with Crippen LogP contribution in [0.1, 0.15) is 17.2 Å². The molecule has 0 radical (unpaired) electrons. The maximum Gasteiger partial charge on any atom is 0.231 e. The van der Waals surface area contributed by atoms with E-state index in [1.165, 1.54) is 0 Å². The van der Waals surface area contributed by atoms with E-state index in [1.54, 1.807) is 0 Å². The molecule has 0 bridgehead atoms. The largest absolute Gasteiger partial charge is 0.454 e. The molecule has 5 heteroatoms. The van der Waals surface area contributed by atoms with Gasteiger partial charge in [-0.1, -0.05) is 46.3 Å². The lowest BCUT2D eigenvalue weighted by Crippen LogP contribution is -2.28. The van der Waals surface area contributed by atoms with E-state index in [0.29, 0.717) is 17.9 Å². The van der Waals surface area contributed by atoms with Crippen LogP contribution in [0.15, 0.2) is 46.9 Å². The summed E-state index contributed by atoms with van der Waals surface area (Å²) in [6, 6.07) is 12.9. The summed E-state index contributed by atoms with van der Waals surface area (Å²) >= 11 is 3.48. The van der Waals surface area contributed by atoms with Crippen molar-refractivity contribution in [2.45, 2.75) is 18.6 Å². The molecule has 0 saturated carbocycles. The number of aliphatic hydroxyl groups is 1. The minimum absolute atomic E-state index is 0.215. The van der Waals surface area contributed by atoms with Gasteiger partial charge in [0.25, 0.3) is 0 Å². The first kappa shape index (κ1) is 14.4. The Morgan fingerprint density at radius 1 is 1.14 bits per heavy atom. The molecular weight excluding hydrogens is 334 g/mol. The number of benzene rings is 2. The van der Waals surface area contributed by atoms with Crippen LogP contribution in [0, 0.1) is 0 Å². The first-order valence-electron chi connectivity index (χ1n) is 6.72. The quantitative estimate of drug-likeness (QED) is 0.890. The highest BCUT2D eigenvalue weighted by molar-refractivity contribution is 9.10. The molecule has 0 saturated heterocycles. The molecule has 1 aliphatic heterocycles. The molecule has 110 valence electrons. The fraction of sp³-hybridized carbons (Fsp3) is 0.250. The third-order valence-corrected chi connectivity index (χ3v) is 4.24. The van der Waals surface area contributed by atoms with Gasteiger partial charge in [-0.05, 0) is 23.3 Å². The van der Waals surface area contributed by atoms with Crippen molar-refractivity contribution >= 4 is 15.9 Å². The minimum Gasteiger partial charge on any atom is -0.454 e. The Balaban J connectivity index is 1.80. The molecule has 3 rings (SSSR count). The van der Waals surface area contributed by atoms with Crippen molar-refractivity contribution < 1.29 is 14.6 Å². The van der Waals surface area contributed by atoms with E-state index in [9.17, 15) is 5.11 Å². The molecule has 0 amide bonds. The van der Waals surface area contributed by atoms with Crippen LogP contribution in [-0.2, 0) is 6.42 Å². The predicted molar refractivity (Wildman–Crippen MR) is 83.3 cm³/mol. The molecule has 0 unspecified atom stereocenters. The van der Waals surface area contributed by atoms with Gasteiger partial charge < -0.3 is 20.3 Å². The summed E-state index contributed by atoms with van der Waals surface area (Å²) in [5, 5.41) is 10.4. The number of halogens is 1. The summed E-state index contributed by atoms with van der Waals surface area (Å²) in [5.41, 5.74) is 8.07. The Labute approximate surface area is 131 Å². The Morgan fingerprint density at radius 2 is 1.81 bits per heavy atom. The van der Waals surface area contributed by atoms with Gasteiger partial charge in [-0.3, -0.25) is 0 Å². The Hall–Kier alpha value is -1.56. The zero-order valence-electron chi connectivity index (χ0n) is 11.3. The molecule has 1 heterocycles. The molecule has 2 atom stereocenters. The predicted octanol–water partition coefficient (Wildman–Crippen LogP) is 2.78. The summed E-state index contributed by atoms with van der Waals surface area (Å²) in [7, 11) is 0. The van der Waals surface area contributed by atoms with Gasteiger partial charge >= 0.3 is 0 Å². The zero-order chi connectivity index (χ0) is 14.8. The monoisotopic (exact) mass is 349 g/mol. The molecule has 0 aromatic heterocycles. The summed E-state index contributed by atoms with van der Waals surface area (Å²) in [4.78, 5) is 0. The lowest BCUT2D eigenvalue weighted by atomic mass is 9.96. The van der Waals surface area contributed by atoms with Crippen molar-refractivity contribution in [2.24, 2.45) is 5.73 Å². The number of nitrogens with two attached hydrogens (primary N) is 1. The van der Waals surface area contributed by atoms with Gasteiger partial charge in [0.1, 0.15) is 0 Å². The fourth-order valence-electron chi connectivity index (χ4n) is 2.38. The van der Waals surface area contributed by atoms with Crippen LogP contribution >= 0.6 is 15.9 Å². The zero-order valence-corrected chi connectivity index (χ0v) is 12.9. The highest BCUT2D eigenvalue weighted by Gasteiger charge is 2.23. The Morgan fingerprint density at radius 3 is 2.52 bits per heavy atom. The molecule has 3 N–H and O–H groups in total. The first-order chi connectivity index (χ1) is 10.1. The lowest BCUT2D eigenvalue weighted by molar-refractivity contribution is 0.144. The second-order valence-corrected chi connectivity index (χ2v) is 5.86. The van der Waals surface area contributed by atoms with Crippen molar-refractivity contribution in [3.8, 4) is 11.5 Å². The number of ether oxygens (including phenoxy) is 2. The summed E-state index contributed by atoms with van der Waals surface area (Å²) < 4.78 is 11.5. The van der Waals surface area contributed by atoms with Crippen molar-refractivity contribution in [2.75, 3.05) is 6.79 Å². The van der Waals surface area contributed by atoms with Crippen LogP contribution in [0.25, 0.3) is 0 Å². The van der Waals surface area contributed by atoms with Crippen molar-refractivity contribution in [1.29, 1.82) is 0 Å². The van der Waals surface area contributed by atoms with Gasteiger partial charge in [-0.2, -0.15) is 0 Å². The van der Waals surface area contributed by atoms with Crippen LogP contribution in [0.4, 0.5) is 0 Å². The molecule has 2 aromatic carbocycles. The molecule has 2 aromatic rings. The summed E-state index contributed by atoms with van der Waals surface area (Å²) in [6.45, 7) is 0.215. The van der Waals surface area contributed by atoms with E-state index >= 15 is 0 Å². The van der Waals surface area contributed by atoms with E-state index < -0.39 is 12.1 Å². The number of fused-ring (bicyclic) bond motifs is 1. The van der Waals surface area contributed by atoms with Crippen LogP contribution in [-0.4, -0.2) is 18.0 Å². The van der Waals surface area contributed by atoms with Gasteiger partial charge in [0.15, 0.2) is 11.5 Å². The molecule has 0 fully saturated rings. The van der Waals surface area contributed by atoms with Gasteiger partial charge in [0.05, 0.1) is 12.1 Å². The topological polar surface area (TPSA) is 64.7 Å². The second-order valence-electron chi connectivity index (χ2n) is 5.01. The summed E-state index contributed by atoms with van der Waals surface area (Å²) in [6.07, 6.45) is -0.174. The van der Waals surface area contributed by atoms with E-state index in [2.05, 4.69) is 15.9 Å². The molecular formula is C16H16BrNO3. The summed E-state index contributed by atoms with van der Waals surface area (Å²) in [5.74, 6) is 1.35. The van der Waals surface area contributed by atoms with Gasteiger partial charge in [-0.25, -0.2) is 0 Å². The van der Waals surface area contributed by atoms with Crippen LogP contribution < -0.4 is 15.2 Å². The van der Waals surface area contributed by atoms with Gasteiger partial charge in [0, 0.05) is 10.9 Å². The van der Waals surface area contributed by atoms with E-state index in [0.717, 1.165) is 15.6 Å². The van der Waals surface area contributed by atoms with E-state index in [-0.39, 0.29) is 6.79 Å². The molecule has 1 aliphatic rings. The fourth-order valence-corrected chi connectivity index (χ4v) is 2.96. The van der Waals surface area contributed by atoms with Crippen LogP contribution in [0.3, 0.4) is 0 Å². The van der Waals surface area contributed by atoms with Crippen molar-refractivity contribution in [1.82, 2.24) is 0 Å². The van der Waals surface area contributed by atoms with Crippen LogP contribution in [0.2, 0.25) is 0 Å². The minimum atomic E-state index is -0.677. The highest BCUT2D eigenvalue weighted by Crippen LogP contribution is 2.39.